The first-order valence-electron chi connectivity index (χ1n) is 6.47. The molecular formula is C17H15FN2. The lowest BCUT2D eigenvalue weighted by Crippen LogP contribution is -1.98. The zero-order valence-corrected chi connectivity index (χ0v) is 11.5. The normalized spacial score (nSPS) is 10.9. The van der Waals surface area contributed by atoms with Crippen molar-refractivity contribution in [2.24, 2.45) is 0 Å². The molecule has 0 aliphatic carbocycles. The van der Waals surface area contributed by atoms with E-state index in [1.165, 1.54) is 6.07 Å². The van der Waals surface area contributed by atoms with Crippen molar-refractivity contribution in [2.45, 2.75) is 13.8 Å². The quantitative estimate of drug-likeness (QED) is 0.660. The van der Waals surface area contributed by atoms with Crippen molar-refractivity contribution in [3.8, 4) is 11.4 Å². The molecule has 0 aliphatic rings. The van der Waals surface area contributed by atoms with Gasteiger partial charge in [0.1, 0.15) is 5.82 Å². The second kappa shape index (κ2) is 4.60. The number of pyridine rings is 1. The van der Waals surface area contributed by atoms with Crippen LogP contribution in [0.25, 0.3) is 28.0 Å². The Morgan fingerprint density at radius 3 is 2.75 bits per heavy atom. The predicted octanol–water partition coefficient (Wildman–Crippen LogP) is 4.64. The summed E-state index contributed by atoms with van der Waals surface area (Å²) in [5.74, 6) is -0.225. The summed E-state index contributed by atoms with van der Waals surface area (Å²) in [4.78, 5) is 4.43. The highest BCUT2D eigenvalue weighted by Crippen LogP contribution is 2.32. The molecule has 20 heavy (non-hydrogen) atoms. The first kappa shape index (κ1) is 12.6. The van der Waals surface area contributed by atoms with E-state index in [9.17, 15) is 4.39 Å². The largest absolute Gasteiger partial charge is 0.312 e. The number of allylic oxidation sites excluding steroid dienone is 1. The van der Waals surface area contributed by atoms with Crippen molar-refractivity contribution in [3.63, 3.8) is 0 Å². The van der Waals surface area contributed by atoms with Gasteiger partial charge in [-0.2, -0.15) is 0 Å². The average Bonchev–Trinajstić information content (AvgIpc) is 2.80. The van der Waals surface area contributed by atoms with E-state index in [4.69, 9.17) is 0 Å². The molecule has 2 nitrogen and oxygen atoms in total. The Hall–Kier alpha value is -2.42. The zero-order valence-electron chi connectivity index (χ0n) is 11.5. The minimum absolute atomic E-state index is 0.225. The maximum absolute atomic E-state index is 14.0. The van der Waals surface area contributed by atoms with Crippen LogP contribution in [-0.2, 0) is 0 Å². The lowest BCUT2D eigenvalue weighted by atomic mass is 10.1. The van der Waals surface area contributed by atoms with Crippen LogP contribution in [0.3, 0.4) is 0 Å². The van der Waals surface area contributed by atoms with Gasteiger partial charge in [-0.15, -0.1) is 0 Å². The van der Waals surface area contributed by atoms with Gasteiger partial charge in [0.05, 0.1) is 16.9 Å². The number of aromatic nitrogens is 2. The van der Waals surface area contributed by atoms with Crippen LogP contribution in [0.4, 0.5) is 4.39 Å². The number of nitrogens with zero attached hydrogens (tertiary/aromatic N) is 2. The molecule has 0 fully saturated rings. The standard InChI is InChI=1S/C17H15FN2/c1-11(2)20-15-8-4-7-14(18)13(15)10-16(20)17-12(3)6-5-9-19-17/h4-10H,1H2,2-3H3. The Balaban J connectivity index is 2.42. The Labute approximate surface area is 117 Å². The maximum atomic E-state index is 14.0. The number of hydrogen-bond acceptors (Lipinski definition) is 1. The minimum atomic E-state index is -0.225. The Morgan fingerprint density at radius 1 is 1.25 bits per heavy atom. The molecule has 3 heteroatoms. The minimum Gasteiger partial charge on any atom is -0.312 e. The summed E-state index contributed by atoms with van der Waals surface area (Å²) >= 11 is 0. The average molecular weight is 266 g/mol. The SMILES string of the molecule is C=C(C)n1c(-c2ncccc2C)cc2c(F)cccc21. The van der Waals surface area contributed by atoms with Crippen molar-refractivity contribution in [1.82, 2.24) is 9.55 Å². The smallest absolute Gasteiger partial charge is 0.132 e. The molecule has 0 N–H and O–H groups in total. The van der Waals surface area contributed by atoms with Crippen molar-refractivity contribution in [2.75, 3.05) is 0 Å². The number of aryl methyl sites for hydroxylation is 1. The monoisotopic (exact) mass is 266 g/mol. The van der Waals surface area contributed by atoms with Crippen LogP contribution < -0.4 is 0 Å². The predicted molar refractivity (Wildman–Crippen MR) is 80.9 cm³/mol. The van der Waals surface area contributed by atoms with Gasteiger partial charge < -0.3 is 4.57 Å². The lowest BCUT2D eigenvalue weighted by Gasteiger charge is -2.11. The zero-order chi connectivity index (χ0) is 14.3. The van der Waals surface area contributed by atoms with E-state index in [1.807, 2.05) is 42.7 Å². The molecule has 0 unspecified atom stereocenters. The third-order valence-corrected chi connectivity index (χ3v) is 3.43. The van der Waals surface area contributed by atoms with Crippen molar-refractivity contribution >= 4 is 16.6 Å². The van der Waals surface area contributed by atoms with Crippen LogP contribution in [-0.4, -0.2) is 9.55 Å². The van der Waals surface area contributed by atoms with Crippen LogP contribution in [0, 0.1) is 12.7 Å². The third kappa shape index (κ3) is 1.83. The third-order valence-electron chi connectivity index (χ3n) is 3.43. The van der Waals surface area contributed by atoms with Gasteiger partial charge >= 0.3 is 0 Å². The highest BCUT2D eigenvalue weighted by molar-refractivity contribution is 5.90. The van der Waals surface area contributed by atoms with Gasteiger partial charge in [0.25, 0.3) is 0 Å². The lowest BCUT2D eigenvalue weighted by molar-refractivity contribution is 0.640. The summed E-state index contributed by atoms with van der Waals surface area (Å²) in [7, 11) is 0. The molecule has 2 heterocycles. The van der Waals surface area contributed by atoms with E-state index in [2.05, 4.69) is 11.6 Å². The summed E-state index contributed by atoms with van der Waals surface area (Å²) in [6, 6.07) is 10.8. The van der Waals surface area contributed by atoms with Crippen LogP contribution in [0.2, 0.25) is 0 Å². The van der Waals surface area contributed by atoms with E-state index in [0.717, 1.165) is 28.2 Å². The number of hydrogen-bond donors (Lipinski definition) is 0. The topological polar surface area (TPSA) is 17.8 Å². The summed E-state index contributed by atoms with van der Waals surface area (Å²) < 4.78 is 15.9. The van der Waals surface area contributed by atoms with Gasteiger partial charge in [0.15, 0.2) is 0 Å². The van der Waals surface area contributed by atoms with Gasteiger partial charge in [-0.3, -0.25) is 4.98 Å². The molecule has 2 aromatic heterocycles. The van der Waals surface area contributed by atoms with E-state index >= 15 is 0 Å². The molecule has 100 valence electrons. The Morgan fingerprint density at radius 2 is 2.05 bits per heavy atom. The van der Waals surface area contributed by atoms with Gasteiger partial charge in [-0.1, -0.05) is 18.7 Å². The molecule has 0 saturated heterocycles. The van der Waals surface area contributed by atoms with Crippen LogP contribution in [0.1, 0.15) is 12.5 Å². The van der Waals surface area contributed by atoms with Crippen LogP contribution in [0.5, 0.6) is 0 Å². The second-order valence-corrected chi connectivity index (χ2v) is 4.94. The second-order valence-electron chi connectivity index (χ2n) is 4.94. The van der Waals surface area contributed by atoms with E-state index in [-0.39, 0.29) is 5.82 Å². The van der Waals surface area contributed by atoms with Gasteiger partial charge in [0.2, 0.25) is 0 Å². The molecule has 0 saturated carbocycles. The molecule has 0 aliphatic heterocycles. The van der Waals surface area contributed by atoms with Gasteiger partial charge in [-0.05, 0) is 43.7 Å². The van der Waals surface area contributed by atoms with Crippen LogP contribution in [0.15, 0.2) is 49.2 Å². The molecule has 1 aromatic carbocycles. The Bertz CT molecular complexity index is 815. The first-order valence-corrected chi connectivity index (χ1v) is 6.47. The van der Waals surface area contributed by atoms with Gasteiger partial charge in [0, 0.05) is 17.3 Å². The van der Waals surface area contributed by atoms with Gasteiger partial charge in [-0.25, -0.2) is 4.39 Å². The molecule has 3 aromatic rings. The molecule has 0 spiro atoms. The molecule has 0 atom stereocenters. The number of rotatable bonds is 2. The van der Waals surface area contributed by atoms with E-state index in [1.54, 1.807) is 12.3 Å². The number of halogens is 1. The van der Waals surface area contributed by atoms with Crippen LogP contribution >= 0.6 is 0 Å². The fourth-order valence-corrected chi connectivity index (χ4v) is 2.53. The number of fused-ring (bicyclic) bond motifs is 1. The summed E-state index contributed by atoms with van der Waals surface area (Å²) in [6.45, 7) is 7.91. The summed E-state index contributed by atoms with van der Waals surface area (Å²) in [5.41, 5.74) is 4.43. The van der Waals surface area contributed by atoms with Crippen molar-refractivity contribution in [1.29, 1.82) is 0 Å². The molecular weight excluding hydrogens is 251 g/mol. The fraction of sp³-hybridized carbons (Fsp3) is 0.118. The first-order chi connectivity index (χ1) is 9.59. The Kier molecular flexibility index (Phi) is 2.90. The summed E-state index contributed by atoms with van der Waals surface area (Å²) in [5, 5.41) is 0.593. The number of benzene rings is 1. The maximum Gasteiger partial charge on any atom is 0.132 e. The molecule has 0 radical (unpaired) electrons. The van der Waals surface area contributed by atoms with E-state index in [0.29, 0.717) is 5.39 Å². The summed E-state index contributed by atoms with van der Waals surface area (Å²) in [6.07, 6.45) is 1.75. The van der Waals surface area contributed by atoms with E-state index < -0.39 is 0 Å². The highest BCUT2D eigenvalue weighted by Gasteiger charge is 2.15. The molecule has 3 rings (SSSR count). The molecule has 0 amide bonds. The highest BCUT2D eigenvalue weighted by atomic mass is 19.1. The van der Waals surface area contributed by atoms with Crippen molar-refractivity contribution in [3.05, 3.63) is 60.6 Å². The van der Waals surface area contributed by atoms with Crippen molar-refractivity contribution < 1.29 is 4.39 Å². The fourth-order valence-electron chi connectivity index (χ4n) is 2.53. The molecule has 0 bridgehead atoms.